The Morgan fingerprint density at radius 1 is 1.47 bits per heavy atom. The first-order chi connectivity index (χ1) is 7.85. The van der Waals surface area contributed by atoms with Gasteiger partial charge in [0.15, 0.2) is 0 Å². The van der Waals surface area contributed by atoms with E-state index < -0.39 is 16.0 Å². The van der Waals surface area contributed by atoms with E-state index >= 15 is 0 Å². The molecule has 0 radical (unpaired) electrons. The minimum absolute atomic E-state index is 0.176. The standard InChI is InChI=1S/C9H8N2O4S2/c1-17(14,15)11-8-3-5-2-6(9(12)13)16-7(5)4-10-8/h2-4H,1H3,(H,10,11)(H,12,13). The summed E-state index contributed by atoms with van der Waals surface area (Å²) in [5.41, 5.74) is 0. The molecule has 0 fully saturated rings. The average molecular weight is 272 g/mol. The van der Waals surface area contributed by atoms with Crippen LogP contribution in [0.25, 0.3) is 10.1 Å². The molecule has 0 saturated carbocycles. The van der Waals surface area contributed by atoms with Gasteiger partial charge in [0.2, 0.25) is 10.0 Å². The molecule has 0 aliphatic rings. The van der Waals surface area contributed by atoms with Crippen molar-refractivity contribution in [3.05, 3.63) is 23.2 Å². The van der Waals surface area contributed by atoms with E-state index in [1.54, 1.807) is 0 Å². The number of nitrogens with one attached hydrogen (secondary N) is 1. The van der Waals surface area contributed by atoms with Crippen molar-refractivity contribution in [2.24, 2.45) is 0 Å². The van der Waals surface area contributed by atoms with Crippen LogP contribution in [0, 0.1) is 0 Å². The van der Waals surface area contributed by atoms with Crippen LogP contribution in [0.15, 0.2) is 18.3 Å². The number of carbonyl (C=O) groups is 1. The molecule has 0 spiro atoms. The zero-order valence-corrected chi connectivity index (χ0v) is 10.3. The highest BCUT2D eigenvalue weighted by Crippen LogP contribution is 2.26. The number of aromatic nitrogens is 1. The Labute approximate surface area is 101 Å². The van der Waals surface area contributed by atoms with Gasteiger partial charge in [-0.05, 0) is 17.5 Å². The molecule has 0 saturated heterocycles. The van der Waals surface area contributed by atoms with Gasteiger partial charge in [-0.1, -0.05) is 0 Å². The lowest BCUT2D eigenvalue weighted by Gasteiger charge is -2.01. The third kappa shape index (κ3) is 2.71. The van der Waals surface area contributed by atoms with Crippen LogP contribution in [0.4, 0.5) is 5.82 Å². The molecule has 0 aliphatic carbocycles. The first-order valence-corrected chi connectivity index (χ1v) is 7.16. The average Bonchev–Trinajstić information content (AvgIpc) is 2.57. The highest BCUT2D eigenvalue weighted by molar-refractivity contribution is 7.92. The predicted molar refractivity (Wildman–Crippen MR) is 65.0 cm³/mol. The van der Waals surface area contributed by atoms with Gasteiger partial charge in [0.25, 0.3) is 0 Å². The molecule has 0 aliphatic heterocycles. The fourth-order valence-electron chi connectivity index (χ4n) is 1.30. The van der Waals surface area contributed by atoms with Gasteiger partial charge in [-0.15, -0.1) is 11.3 Å². The van der Waals surface area contributed by atoms with E-state index in [4.69, 9.17) is 5.11 Å². The normalized spacial score (nSPS) is 11.6. The summed E-state index contributed by atoms with van der Waals surface area (Å²) in [6, 6.07) is 2.98. The number of hydrogen-bond acceptors (Lipinski definition) is 5. The SMILES string of the molecule is CS(=O)(=O)Nc1cc2cc(C(=O)O)sc2cn1. The molecule has 90 valence electrons. The third-order valence-electron chi connectivity index (χ3n) is 1.90. The molecule has 0 aromatic carbocycles. The summed E-state index contributed by atoms with van der Waals surface area (Å²) in [5, 5.41) is 9.47. The van der Waals surface area contributed by atoms with Crippen LogP contribution in [-0.4, -0.2) is 30.7 Å². The lowest BCUT2D eigenvalue weighted by molar-refractivity contribution is 0.0702. The molecule has 0 bridgehead atoms. The summed E-state index contributed by atoms with van der Waals surface area (Å²) in [7, 11) is -3.38. The van der Waals surface area contributed by atoms with E-state index in [0.717, 1.165) is 17.6 Å². The summed E-state index contributed by atoms with van der Waals surface area (Å²) >= 11 is 1.09. The maximum atomic E-state index is 11.0. The first kappa shape index (κ1) is 11.8. The Morgan fingerprint density at radius 2 is 2.18 bits per heavy atom. The number of rotatable bonds is 3. The van der Waals surface area contributed by atoms with Crippen molar-refractivity contribution < 1.29 is 18.3 Å². The quantitative estimate of drug-likeness (QED) is 0.879. The van der Waals surface area contributed by atoms with Crippen molar-refractivity contribution in [3.8, 4) is 0 Å². The first-order valence-electron chi connectivity index (χ1n) is 4.46. The molecule has 0 atom stereocenters. The van der Waals surface area contributed by atoms with Crippen LogP contribution >= 0.6 is 11.3 Å². The Morgan fingerprint density at radius 3 is 2.76 bits per heavy atom. The highest BCUT2D eigenvalue weighted by atomic mass is 32.2. The van der Waals surface area contributed by atoms with Gasteiger partial charge < -0.3 is 5.11 Å². The molecule has 0 unspecified atom stereocenters. The van der Waals surface area contributed by atoms with Gasteiger partial charge in [0.05, 0.1) is 11.0 Å². The van der Waals surface area contributed by atoms with Crippen molar-refractivity contribution in [2.75, 3.05) is 11.0 Å². The monoisotopic (exact) mass is 272 g/mol. The number of anilines is 1. The van der Waals surface area contributed by atoms with Crippen LogP contribution in [0.3, 0.4) is 0 Å². The Kier molecular flexibility index (Phi) is 2.76. The molecule has 2 N–H and O–H groups in total. The second kappa shape index (κ2) is 3.97. The zero-order valence-electron chi connectivity index (χ0n) is 8.67. The van der Waals surface area contributed by atoms with E-state index in [1.807, 2.05) is 0 Å². The number of pyridine rings is 1. The minimum Gasteiger partial charge on any atom is -0.477 e. The molecule has 0 amide bonds. The number of carboxylic acids is 1. The third-order valence-corrected chi connectivity index (χ3v) is 3.56. The van der Waals surface area contributed by atoms with E-state index in [1.165, 1.54) is 18.3 Å². The largest absolute Gasteiger partial charge is 0.477 e. The molecular formula is C9H8N2O4S2. The summed E-state index contributed by atoms with van der Waals surface area (Å²) < 4.78 is 24.9. The van der Waals surface area contributed by atoms with Gasteiger partial charge in [0, 0.05) is 6.20 Å². The fourth-order valence-corrected chi connectivity index (χ4v) is 2.64. The molecule has 8 heteroatoms. The predicted octanol–water partition coefficient (Wildman–Crippen LogP) is 1.37. The summed E-state index contributed by atoms with van der Waals surface area (Å²) in [4.78, 5) is 14.8. The van der Waals surface area contributed by atoms with Crippen molar-refractivity contribution >= 4 is 43.2 Å². The highest BCUT2D eigenvalue weighted by Gasteiger charge is 2.10. The Hall–Kier alpha value is -1.67. The summed E-state index contributed by atoms with van der Waals surface area (Å²) in [6.45, 7) is 0. The molecular weight excluding hydrogens is 264 g/mol. The van der Waals surface area contributed by atoms with Crippen molar-refractivity contribution in [1.82, 2.24) is 4.98 Å². The van der Waals surface area contributed by atoms with Gasteiger partial charge in [0.1, 0.15) is 10.7 Å². The molecule has 2 aromatic heterocycles. The van der Waals surface area contributed by atoms with Crippen molar-refractivity contribution in [1.29, 1.82) is 0 Å². The van der Waals surface area contributed by atoms with Crippen LogP contribution in [0.1, 0.15) is 9.67 Å². The van der Waals surface area contributed by atoms with Gasteiger partial charge >= 0.3 is 5.97 Å². The lowest BCUT2D eigenvalue weighted by atomic mass is 10.3. The number of fused-ring (bicyclic) bond motifs is 1. The number of carboxylic acid groups (broad SMARTS) is 1. The van der Waals surface area contributed by atoms with Crippen LogP contribution in [0.5, 0.6) is 0 Å². The van der Waals surface area contributed by atoms with E-state index in [9.17, 15) is 13.2 Å². The van der Waals surface area contributed by atoms with E-state index in [2.05, 4.69) is 9.71 Å². The van der Waals surface area contributed by atoms with Gasteiger partial charge in [-0.3, -0.25) is 4.72 Å². The number of sulfonamides is 1. The van der Waals surface area contributed by atoms with Crippen LogP contribution in [-0.2, 0) is 10.0 Å². The lowest BCUT2D eigenvalue weighted by Crippen LogP contribution is -2.10. The smallest absolute Gasteiger partial charge is 0.345 e. The van der Waals surface area contributed by atoms with Gasteiger partial charge in [-0.25, -0.2) is 18.2 Å². The summed E-state index contributed by atoms with van der Waals surface area (Å²) in [6.07, 6.45) is 2.47. The second-order valence-corrected chi connectivity index (χ2v) is 6.23. The van der Waals surface area contributed by atoms with E-state index in [-0.39, 0.29) is 10.7 Å². The van der Waals surface area contributed by atoms with E-state index in [0.29, 0.717) is 10.1 Å². The number of nitrogens with zero attached hydrogens (tertiary/aromatic N) is 1. The Balaban J connectivity index is 2.47. The summed E-state index contributed by atoms with van der Waals surface area (Å²) in [5.74, 6) is -0.835. The Bertz CT molecular complexity index is 690. The van der Waals surface area contributed by atoms with Crippen LogP contribution in [0.2, 0.25) is 0 Å². The molecule has 17 heavy (non-hydrogen) atoms. The number of thiophene rings is 1. The maximum Gasteiger partial charge on any atom is 0.345 e. The number of hydrogen-bond donors (Lipinski definition) is 2. The number of aromatic carboxylic acids is 1. The topological polar surface area (TPSA) is 96.4 Å². The minimum atomic E-state index is -3.38. The molecule has 6 nitrogen and oxygen atoms in total. The molecule has 2 rings (SSSR count). The van der Waals surface area contributed by atoms with Crippen molar-refractivity contribution in [3.63, 3.8) is 0 Å². The molecule has 2 heterocycles. The van der Waals surface area contributed by atoms with Crippen molar-refractivity contribution in [2.45, 2.75) is 0 Å². The fraction of sp³-hybridized carbons (Fsp3) is 0.111. The maximum absolute atomic E-state index is 11.0. The zero-order chi connectivity index (χ0) is 12.6. The van der Waals surface area contributed by atoms with Crippen LogP contribution < -0.4 is 4.72 Å². The second-order valence-electron chi connectivity index (χ2n) is 3.40. The molecule has 2 aromatic rings. The van der Waals surface area contributed by atoms with Gasteiger partial charge in [-0.2, -0.15) is 0 Å².